The molecule has 6 aliphatic rings. The van der Waals surface area contributed by atoms with Gasteiger partial charge in [0.25, 0.3) is 0 Å². The third-order valence-electron chi connectivity index (χ3n) is 12.6. The van der Waals surface area contributed by atoms with Gasteiger partial charge >= 0.3 is 5.97 Å². The first kappa shape index (κ1) is 28.7. The fourth-order valence-electron chi connectivity index (χ4n) is 11.6. The third-order valence-corrected chi connectivity index (χ3v) is 12.6. The average molecular weight is 585 g/mol. The molecule has 1 spiro atoms. The number of benzene rings is 1. The highest BCUT2D eigenvalue weighted by molar-refractivity contribution is 6.00. The van der Waals surface area contributed by atoms with Gasteiger partial charge in [0.05, 0.1) is 29.6 Å². The van der Waals surface area contributed by atoms with E-state index in [4.69, 9.17) is 18.9 Å². The van der Waals surface area contributed by atoms with Crippen LogP contribution in [0.1, 0.15) is 56.3 Å². The van der Waals surface area contributed by atoms with Crippen LogP contribution in [0.2, 0.25) is 0 Å². The number of esters is 1. The summed E-state index contributed by atoms with van der Waals surface area (Å²) in [6.45, 7) is 4.79. The molecule has 1 saturated heterocycles. The van der Waals surface area contributed by atoms with Gasteiger partial charge in [-0.05, 0) is 44.4 Å². The second kappa shape index (κ2) is 9.46. The van der Waals surface area contributed by atoms with E-state index in [9.17, 15) is 19.8 Å². The molecule has 6 fully saturated rings. The number of likely N-dealkylation sites (tertiary alicyclic amines) is 1. The molecule has 7 rings (SSSR count). The quantitative estimate of drug-likeness (QED) is 0.414. The molecule has 1 amide bonds. The van der Waals surface area contributed by atoms with E-state index < -0.39 is 34.3 Å². The van der Waals surface area contributed by atoms with Crippen LogP contribution in [0.25, 0.3) is 0 Å². The number of carbonyl (C=O) groups excluding carboxylic acids is 2. The number of nitrogens with zero attached hydrogens (tertiary/aromatic N) is 1. The summed E-state index contributed by atoms with van der Waals surface area (Å²) < 4.78 is 25.1. The Morgan fingerprint density at radius 1 is 1.07 bits per heavy atom. The number of carbonyl (C=O) groups is 2. The molecule has 10 nitrogen and oxygen atoms in total. The van der Waals surface area contributed by atoms with E-state index in [-0.39, 0.29) is 47.8 Å². The highest BCUT2D eigenvalue weighted by Gasteiger charge is 2.89. The predicted molar refractivity (Wildman–Crippen MR) is 152 cm³/mol. The number of fused-ring (bicyclic) bond motifs is 2. The number of nitrogens with one attached hydrogen (secondary N) is 1. The zero-order valence-corrected chi connectivity index (χ0v) is 25.2. The van der Waals surface area contributed by atoms with Gasteiger partial charge in [0.15, 0.2) is 0 Å². The Morgan fingerprint density at radius 2 is 1.83 bits per heavy atom. The number of piperidine rings is 1. The van der Waals surface area contributed by atoms with Crippen molar-refractivity contribution in [3.8, 4) is 0 Å². The molecule has 3 N–H and O–H groups in total. The summed E-state index contributed by atoms with van der Waals surface area (Å²) in [7, 11) is 5.05. The number of anilines is 1. The van der Waals surface area contributed by atoms with Crippen molar-refractivity contribution >= 4 is 17.6 Å². The summed E-state index contributed by atoms with van der Waals surface area (Å²) >= 11 is 0. The Balaban J connectivity index is 1.38. The lowest BCUT2D eigenvalue weighted by molar-refractivity contribution is -0.337. The maximum atomic E-state index is 14.0. The highest BCUT2D eigenvalue weighted by Crippen LogP contribution is 2.79. The van der Waals surface area contributed by atoms with Crippen LogP contribution in [0.3, 0.4) is 0 Å². The van der Waals surface area contributed by atoms with Crippen molar-refractivity contribution in [3.05, 3.63) is 29.8 Å². The Morgan fingerprint density at radius 3 is 2.50 bits per heavy atom. The van der Waals surface area contributed by atoms with Crippen molar-refractivity contribution in [1.82, 2.24) is 4.90 Å². The van der Waals surface area contributed by atoms with Gasteiger partial charge in [-0.25, -0.2) is 4.79 Å². The van der Waals surface area contributed by atoms with E-state index in [1.54, 1.807) is 45.6 Å². The number of aliphatic hydroxyl groups is 2. The van der Waals surface area contributed by atoms with Gasteiger partial charge in [0.2, 0.25) is 5.91 Å². The molecule has 42 heavy (non-hydrogen) atoms. The molecule has 1 heterocycles. The number of rotatable bonds is 7. The molecule has 10 heteroatoms. The Kier molecular flexibility index (Phi) is 6.46. The van der Waals surface area contributed by atoms with E-state index in [0.29, 0.717) is 56.4 Å². The molecule has 7 bridgehead atoms. The van der Waals surface area contributed by atoms with Gasteiger partial charge in [-0.15, -0.1) is 0 Å². The Labute approximate surface area is 247 Å². The summed E-state index contributed by atoms with van der Waals surface area (Å²) in [5, 5.41) is 28.4. The lowest BCUT2D eigenvalue weighted by atomic mass is 9.44. The van der Waals surface area contributed by atoms with Gasteiger partial charge in [-0.2, -0.15) is 0 Å². The predicted octanol–water partition coefficient (Wildman–Crippen LogP) is 2.22. The van der Waals surface area contributed by atoms with Gasteiger partial charge in [0.1, 0.15) is 16.8 Å². The lowest BCUT2D eigenvalue weighted by Gasteiger charge is -2.70. The zero-order chi connectivity index (χ0) is 29.8. The fourth-order valence-corrected chi connectivity index (χ4v) is 11.6. The lowest BCUT2D eigenvalue weighted by Crippen LogP contribution is -2.83. The minimum absolute atomic E-state index is 0.0432. The molecule has 0 radical (unpaired) electrons. The van der Waals surface area contributed by atoms with Crippen LogP contribution in [-0.2, 0) is 23.7 Å². The first-order chi connectivity index (χ1) is 20.1. The number of likely N-dealkylation sites (N-methyl/N-ethyl adjacent to an activating group) is 1. The van der Waals surface area contributed by atoms with Crippen molar-refractivity contribution in [1.29, 1.82) is 0 Å². The Bertz CT molecular complexity index is 1290. The second-order valence-electron chi connectivity index (χ2n) is 13.7. The summed E-state index contributed by atoms with van der Waals surface area (Å²) in [6.07, 6.45) is 1.91. The van der Waals surface area contributed by atoms with Crippen molar-refractivity contribution in [2.24, 2.45) is 29.1 Å². The number of hydrogen-bond acceptors (Lipinski definition) is 9. The van der Waals surface area contributed by atoms with Gasteiger partial charge < -0.3 is 34.5 Å². The van der Waals surface area contributed by atoms with Gasteiger partial charge in [-0.3, -0.25) is 9.69 Å². The molecule has 1 aromatic rings. The smallest absolute Gasteiger partial charge is 0.340 e. The second-order valence-corrected chi connectivity index (χ2v) is 13.7. The van der Waals surface area contributed by atoms with Crippen LogP contribution in [0.15, 0.2) is 24.3 Å². The minimum atomic E-state index is -1.48. The summed E-state index contributed by atoms with van der Waals surface area (Å²) in [5.74, 6) is -1.54. The maximum absolute atomic E-state index is 14.0. The first-order valence-corrected chi connectivity index (χ1v) is 15.4. The molecule has 0 aromatic heterocycles. The summed E-state index contributed by atoms with van der Waals surface area (Å²) in [4.78, 5) is 28.3. The molecule has 1 aromatic carbocycles. The summed E-state index contributed by atoms with van der Waals surface area (Å²) in [5.41, 5.74) is -3.57. The Hall–Kier alpha value is -2.08. The van der Waals surface area contributed by atoms with Crippen molar-refractivity contribution in [2.45, 2.75) is 87.1 Å². The number of para-hydroxylation sites is 1. The number of ether oxygens (including phenoxy) is 4. The topological polar surface area (TPSA) is 127 Å². The molecule has 12 atom stereocenters. The van der Waals surface area contributed by atoms with Gasteiger partial charge in [0, 0.05) is 76.3 Å². The molecular formula is C32H44N2O8. The monoisotopic (exact) mass is 584 g/mol. The molecule has 5 saturated carbocycles. The molecule has 230 valence electrons. The highest BCUT2D eigenvalue weighted by atomic mass is 16.6. The third kappa shape index (κ3) is 3.21. The van der Waals surface area contributed by atoms with E-state index in [1.165, 1.54) is 6.92 Å². The standard InChI is InChI=1S/C32H44N2O8/c1-6-34-16-29(42-28(36)18-9-7-8-10-21(18)33-17(2)35)12-11-25(40-4)31-23(29)14-20(26(31)34)30(37)15-22(39-3)19-13-24(31)32(30,38)27(19)41-5/h7-10,19-20,22-27,37-38H,6,11-16H2,1-5H3,(H,33,35)/t19-,20+,22+,23?,24?,25?,26+,27+,29+,30+,31+,32?/m1/s1. The number of methoxy groups -OCH3 is 3. The maximum Gasteiger partial charge on any atom is 0.340 e. The number of amides is 1. The van der Waals surface area contributed by atoms with E-state index in [2.05, 4.69) is 17.1 Å². The van der Waals surface area contributed by atoms with E-state index in [0.717, 1.165) is 0 Å². The van der Waals surface area contributed by atoms with Crippen LogP contribution >= 0.6 is 0 Å². The molecule has 1 aliphatic heterocycles. The molecule has 5 aliphatic carbocycles. The van der Waals surface area contributed by atoms with Crippen LogP contribution < -0.4 is 5.32 Å². The number of hydrogen-bond donors (Lipinski definition) is 3. The van der Waals surface area contributed by atoms with E-state index >= 15 is 0 Å². The van der Waals surface area contributed by atoms with Crippen LogP contribution in [0, 0.1) is 29.1 Å². The largest absolute Gasteiger partial charge is 0.454 e. The SMILES string of the molecule is CCN1C[C@@]2(OC(=O)c3ccccc3NC(C)=O)CCC(OC)[C@@]34C5C[C@@H]6[C@@H](OC)C[C@](O)([C@@H](CC23)[C@H]14)C5(O)[C@H]6OC. The normalized spacial score (nSPS) is 48.2. The van der Waals surface area contributed by atoms with Crippen LogP contribution in [0.4, 0.5) is 5.69 Å². The van der Waals surface area contributed by atoms with Crippen molar-refractivity contribution < 1.29 is 38.7 Å². The first-order valence-electron chi connectivity index (χ1n) is 15.4. The minimum Gasteiger partial charge on any atom is -0.454 e. The van der Waals surface area contributed by atoms with Crippen LogP contribution in [-0.4, -0.2) is 103 Å². The van der Waals surface area contributed by atoms with Crippen molar-refractivity contribution in [2.75, 3.05) is 39.7 Å². The van der Waals surface area contributed by atoms with Crippen molar-refractivity contribution in [3.63, 3.8) is 0 Å². The molecule has 4 unspecified atom stereocenters. The van der Waals surface area contributed by atoms with E-state index in [1.807, 2.05) is 0 Å². The summed E-state index contributed by atoms with van der Waals surface area (Å²) in [6, 6.07) is 6.89. The fraction of sp³-hybridized carbons (Fsp3) is 0.750. The van der Waals surface area contributed by atoms with Gasteiger partial charge in [-0.1, -0.05) is 19.1 Å². The average Bonchev–Trinajstić information content (AvgIpc) is 3.39. The van der Waals surface area contributed by atoms with Crippen LogP contribution in [0.5, 0.6) is 0 Å². The zero-order valence-electron chi connectivity index (χ0n) is 25.2. The molecular weight excluding hydrogens is 540 g/mol.